The second kappa shape index (κ2) is 9.59. The number of rotatable bonds is 7. The zero-order chi connectivity index (χ0) is 25.3. The van der Waals surface area contributed by atoms with Gasteiger partial charge in [0.15, 0.2) is 5.11 Å². The van der Waals surface area contributed by atoms with Gasteiger partial charge in [-0.2, -0.15) is 0 Å². The topological polar surface area (TPSA) is 101 Å². The van der Waals surface area contributed by atoms with Crippen molar-refractivity contribution in [1.29, 1.82) is 0 Å². The lowest BCUT2D eigenvalue weighted by Gasteiger charge is -2.29. The summed E-state index contributed by atoms with van der Waals surface area (Å²) in [6, 6.07) is 20.2. The van der Waals surface area contributed by atoms with Gasteiger partial charge in [0, 0.05) is 30.0 Å². The number of pyridine rings is 2. The average molecular weight is 521 g/mol. The zero-order valence-electron chi connectivity index (χ0n) is 19.6. The fourth-order valence-corrected chi connectivity index (χ4v) is 5.30. The number of hydrogen-bond donors (Lipinski definition) is 2. The van der Waals surface area contributed by atoms with Gasteiger partial charge in [-0.15, -0.1) is 0 Å². The third kappa shape index (κ3) is 4.62. The highest BCUT2D eigenvalue weighted by Crippen LogP contribution is 2.43. The number of nitrogens with zero attached hydrogens (tertiary/aromatic N) is 4. The SMILES string of the molecule is COc1ccc(N2C(=S)NC(c3ccccn3)C2c2cccn2-c2ccccn2)cc1NS(C)(=O)=O. The molecule has 2 unspecified atom stereocenters. The number of ether oxygens (including phenoxy) is 1. The van der Waals surface area contributed by atoms with Gasteiger partial charge in [-0.05, 0) is 66.8 Å². The van der Waals surface area contributed by atoms with Crippen LogP contribution in [0.15, 0.2) is 85.3 Å². The second-order valence-corrected chi connectivity index (χ2v) is 10.4. The molecule has 9 nitrogen and oxygen atoms in total. The van der Waals surface area contributed by atoms with Crippen LogP contribution in [0.5, 0.6) is 5.75 Å². The van der Waals surface area contributed by atoms with Crippen molar-refractivity contribution in [3.05, 3.63) is 96.7 Å². The van der Waals surface area contributed by atoms with Crippen molar-refractivity contribution in [3.63, 3.8) is 0 Å². The van der Waals surface area contributed by atoms with Gasteiger partial charge in [0.2, 0.25) is 10.0 Å². The lowest BCUT2D eigenvalue weighted by atomic mass is 10.0. The van der Waals surface area contributed by atoms with Gasteiger partial charge in [0.25, 0.3) is 0 Å². The Balaban J connectivity index is 1.67. The Morgan fingerprint density at radius 2 is 1.81 bits per heavy atom. The van der Waals surface area contributed by atoms with E-state index < -0.39 is 10.0 Å². The van der Waals surface area contributed by atoms with E-state index in [1.54, 1.807) is 24.5 Å². The number of aromatic nitrogens is 3. The van der Waals surface area contributed by atoms with Gasteiger partial charge < -0.3 is 19.5 Å². The largest absolute Gasteiger partial charge is 0.495 e. The molecule has 1 aromatic carbocycles. The van der Waals surface area contributed by atoms with Gasteiger partial charge >= 0.3 is 0 Å². The van der Waals surface area contributed by atoms with Crippen LogP contribution in [-0.4, -0.2) is 41.4 Å². The molecule has 3 aromatic heterocycles. The summed E-state index contributed by atoms with van der Waals surface area (Å²) in [4.78, 5) is 11.1. The Labute approximate surface area is 214 Å². The van der Waals surface area contributed by atoms with Crippen LogP contribution in [0.3, 0.4) is 0 Å². The molecular weight excluding hydrogens is 496 g/mol. The van der Waals surface area contributed by atoms with Crippen LogP contribution in [0, 0.1) is 0 Å². The number of nitrogens with one attached hydrogen (secondary N) is 2. The molecule has 1 aliphatic rings. The van der Waals surface area contributed by atoms with Crippen molar-refractivity contribution < 1.29 is 13.2 Å². The number of methoxy groups -OCH3 is 1. The maximum Gasteiger partial charge on any atom is 0.229 e. The first-order valence-electron chi connectivity index (χ1n) is 11.1. The minimum absolute atomic E-state index is 0.274. The summed E-state index contributed by atoms with van der Waals surface area (Å²) in [5.74, 6) is 1.17. The molecule has 0 radical (unpaired) electrons. The standard InChI is InChI=1S/C25H24N6O3S2/c1-34-21-12-11-17(16-19(21)29-36(2,32)33)31-24(23(28-25(31)35)18-8-3-5-13-26-18)20-9-7-15-30(20)22-10-4-6-14-27-22/h3-16,23-24,29H,1-2H3,(H,28,35). The summed E-state index contributed by atoms with van der Waals surface area (Å²) in [6.07, 6.45) is 6.55. The van der Waals surface area contributed by atoms with E-state index in [1.165, 1.54) is 7.11 Å². The van der Waals surface area contributed by atoms with Crippen molar-refractivity contribution in [3.8, 4) is 11.6 Å². The fraction of sp³-hybridized carbons (Fsp3) is 0.160. The third-order valence-corrected chi connectivity index (χ3v) is 6.74. The van der Waals surface area contributed by atoms with E-state index in [4.69, 9.17) is 17.0 Å². The first-order valence-corrected chi connectivity index (χ1v) is 13.4. The summed E-state index contributed by atoms with van der Waals surface area (Å²) < 4.78 is 34.0. The molecule has 11 heteroatoms. The van der Waals surface area contributed by atoms with Crippen LogP contribution >= 0.6 is 12.2 Å². The maximum atomic E-state index is 12.0. The van der Waals surface area contributed by atoms with E-state index in [9.17, 15) is 8.42 Å². The Kier molecular flexibility index (Phi) is 6.33. The lowest BCUT2D eigenvalue weighted by Crippen LogP contribution is -2.30. The van der Waals surface area contributed by atoms with Crippen molar-refractivity contribution in [2.45, 2.75) is 12.1 Å². The van der Waals surface area contributed by atoms with E-state index in [0.29, 0.717) is 22.2 Å². The molecule has 0 bridgehead atoms. The molecule has 184 valence electrons. The highest BCUT2D eigenvalue weighted by molar-refractivity contribution is 7.92. The number of benzene rings is 1. The van der Waals surface area contributed by atoms with Crippen molar-refractivity contribution in [2.75, 3.05) is 23.0 Å². The van der Waals surface area contributed by atoms with Gasteiger partial charge in [-0.25, -0.2) is 13.4 Å². The van der Waals surface area contributed by atoms with Crippen LogP contribution in [0.2, 0.25) is 0 Å². The molecule has 2 N–H and O–H groups in total. The van der Waals surface area contributed by atoms with E-state index in [0.717, 1.165) is 23.5 Å². The molecule has 5 rings (SSSR count). The predicted octanol–water partition coefficient (Wildman–Crippen LogP) is 3.82. The summed E-state index contributed by atoms with van der Waals surface area (Å²) >= 11 is 5.82. The summed E-state index contributed by atoms with van der Waals surface area (Å²) in [5, 5.41) is 3.91. The van der Waals surface area contributed by atoms with Gasteiger partial charge in [-0.3, -0.25) is 9.71 Å². The smallest absolute Gasteiger partial charge is 0.229 e. The lowest BCUT2D eigenvalue weighted by molar-refractivity contribution is 0.417. The Morgan fingerprint density at radius 3 is 2.47 bits per heavy atom. The molecule has 36 heavy (non-hydrogen) atoms. The number of anilines is 2. The number of hydrogen-bond acceptors (Lipinski definition) is 6. The first kappa shape index (κ1) is 23.8. The molecular formula is C25H24N6O3S2. The molecule has 0 saturated carbocycles. The van der Waals surface area contributed by atoms with Crippen LogP contribution < -0.4 is 19.7 Å². The minimum atomic E-state index is -3.54. The molecule has 0 aliphatic carbocycles. The monoisotopic (exact) mass is 520 g/mol. The Morgan fingerprint density at radius 1 is 1.03 bits per heavy atom. The number of sulfonamides is 1. The van der Waals surface area contributed by atoms with Crippen LogP contribution in [-0.2, 0) is 10.0 Å². The molecule has 2 atom stereocenters. The van der Waals surface area contributed by atoms with Crippen LogP contribution in [0.25, 0.3) is 5.82 Å². The molecule has 0 spiro atoms. The first-order chi connectivity index (χ1) is 17.4. The predicted molar refractivity (Wildman–Crippen MR) is 143 cm³/mol. The highest BCUT2D eigenvalue weighted by Gasteiger charge is 2.42. The fourth-order valence-electron chi connectivity index (χ4n) is 4.40. The quantitative estimate of drug-likeness (QED) is 0.355. The molecule has 1 saturated heterocycles. The zero-order valence-corrected chi connectivity index (χ0v) is 21.2. The molecule has 1 aliphatic heterocycles. The van der Waals surface area contributed by atoms with Crippen LogP contribution in [0.4, 0.5) is 11.4 Å². The summed E-state index contributed by atoms with van der Waals surface area (Å²) in [5.41, 5.74) is 2.77. The van der Waals surface area contributed by atoms with Crippen LogP contribution in [0.1, 0.15) is 23.5 Å². The van der Waals surface area contributed by atoms with Gasteiger partial charge in [-0.1, -0.05) is 12.1 Å². The Hall–Kier alpha value is -3.96. The molecule has 0 amide bonds. The molecule has 4 aromatic rings. The van der Waals surface area contributed by atoms with Gasteiger partial charge in [0.05, 0.1) is 30.8 Å². The highest BCUT2D eigenvalue weighted by atomic mass is 32.2. The average Bonchev–Trinajstić information content (AvgIpc) is 3.48. The second-order valence-electron chi connectivity index (χ2n) is 8.25. The normalized spacial score (nSPS) is 17.6. The summed E-state index contributed by atoms with van der Waals surface area (Å²) in [6.45, 7) is 0. The summed E-state index contributed by atoms with van der Waals surface area (Å²) in [7, 11) is -2.05. The molecule has 1 fully saturated rings. The van der Waals surface area contributed by atoms with Crippen molar-refractivity contribution in [1.82, 2.24) is 19.9 Å². The van der Waals surface area contributed by atoms with Crippen molar-refractivity contribution >= 4 is 38.7 Å². The maximum absolute atomic E-state index is 12.0. The Bertz CT molecular complexity index is 1490. The van der Waals surface area contributed by atoms with E-state index in [-0.39, 0.29) is 12.1 Å². The third-order valence-electron chi connectivity index (χ3n) is 5.83. The van der Waals surface area contributed by atoms with Crippen molar-refractivity contribution in [2.24, 2.45) is 0 Å². The number of thiocarbonyl (C=S) groups is 1. The van der Waals surface area contributed by atoms with E-state index in [2.05, 4.69) is 20.0 Å². The van der Waals surface area contributed by atoms with Gasteiger partial charge in [0.1, 0.15) is 17.6 Å². The minimum Gasteiger partial charge on any atom is -0.495 e. The van der Waals surface area contributed by atoms with E-state index in [1.807, 2.05) is 70.3 Å². The molecule has 4 heterocycles. The van der Waals surface area contributed by atoms with E-state index >= 15 is 0 Å².